The molecule has 53 heavy (non-hydrogen) atoms. The zero-order valence-electron chi connectivity index (χ0n) is 31.1. The van der Waals surface area contributed by atoms with Gasteiger partial charge in [-0.2, -0.15) is 0 Å². The molecule has 8 rings (SSSR count). The number of benzene rings is 4. The Morgan fingerprint density at radius 3 is 1.55 bits per heavy atom. The first-order chi connectivity index (χ1) is 25.9. The molecule has 4 heterocycles. The highest BCUT2D eigenvalue weighted by Gasteiger charge is 2.25. The molecular formula is C43H53BN6O3. The number of rotatable bonds is 7. The minimum Gasteiger partial charge on any atom is -0.437 e. The molecule has 4 aromatic carbocycles. The summed E-state index contributed by atoms with van der Waals surface area (Å²) in [5.41, 5.74) is 9.48. The van der Waals surface area contributed by atoms with Crippen molar-refractivity contribution in [1.29, 1.82) is 0 Å². The first-order valence-corrected chi connectivity index (χ1v) is 19.5. The number of anilines is 4. The van der Waals surface area contributed by atoms with Gasteiger partial charge in [0.2, 0.25) is 11.8 Å². The van der Waals surface area contributed by atoms with Crippen LogP contribution in [0.4, 0.5) is 22.7 Å². The quantitative estimate of drug-likeness (QED) is 0.236. The van der Waals surface area contributed by atoms with Gasteiger partial charge in [0.1, 0.15) is 0 Å². The van der Waals surface area contributed by atoms with E-state index in [0.717, 1.165) is 95.0 Å². The number of fused-ring (bicyclic) bond motifs is 2. The maximum absolute atomic E-state index is 12.8. The number of nitrogens with one attached hydrogen (secondary N) is 1. The predicted octanol–water partition coefficient (Wildman–Crippen LogP) is 5.75. The van der Waals surface area contributed by atoms with Crippen molar-refractivity contribution < 1.29 is 14.6 Å². The van der Waals surface area contributed by atoms with Crippen molar-refractivity contribution in [2.24, 2.45) is 0 Å². The van der Waals surface area contributed by atoms with Crippen LogP contribution >= 0.6 is 0 Å². The second-order valence-corrected chi connectivity index (χ2v) is 14.7. The number of carbonyl (C=O) groups excluding carboxylic acids is 2. The van der Waals surface area contributed by atoms with Crippen molar-refractivity contribution in [2.45, 2.75) is 58.4 Å². The normalized spacial score (nSPS) is 18.0. The summed E-state index contributed by atoms with van der Waals surface area (Å²) in [6, 6.07) is 33.8. The molecule has 4 aromatic rings. The van der Waals surface area contributed by atoms with Crippen molar-refractivity contribution in [3.05, 3.63) is 119 Å². The topological polar surface area (TPSA) is 82.6 Å². The molecule has 9 nitrogen and oxygen atoms in total. The van der Waals surface area contributed by atoms with Crippen molar-refractivity contribution in [1.82, 2.24) is 10.1 Å². The number of hydrogen-bond acceptors (Lipinski definition) is 7. The number of hydrogen-bond donors (Lipinski definition) is 2. The first kappa shape index (κ1) is 36.7. The highest BCUT2D eigenvalue weighted by atomic mass is 16.2. The van der Waals surface area contributed by atoms with Gasteiger partial charge in [-0.3, -0.25) is 9.59 Å². The number of amides is 2. The number of piperazine rings is 2. The van der Waals surface area contributed by atoms with Gasteiger partial charge in [0.05, 0.1) is 13.1 Å². The molecule has 0 atom stereocenters. The number of nitrogens with zero attached hydrogens (tertiary/aromatic N) is 5. The second-order valence-electron chi connectivity index (χ2n) is 14.7. The summed E-state index contributed by atoms with van der Waals surface area (Å²) in [4.78, 5) is 36.2. The molecule has 4 aliphatic heterocycles. The highest BCUT2D eigenvalue weighted by molar-refractivity contribution is 6.45. The molecule has 0 radical (unpaired) electrons. The average molecular weight is 713 g/mol. The van der Waals surface area contributed by atoms with Crippen LogP contribution in [0.3, 0.4) is 0 Å². The van der Waals surface area contributed by atoms with E-state index in [-0.39, 0.29) is 18.9 Å². The predicted molar refractivity (Wildman–Crippen MR) is 217 cm³/mol. The van der Waals surface area contributed by atoms with Gasteiger partial charge in [0, 0.05) is 87.9 Å². The molecule has 2 fully saturated rings. The maximum Gasteiger partial charge on any atom is 0.376 e. The third kappa shape index (κ3) is 9.12. The summed E-state index contributed by atoms with van der Waals surface area (Å²) in [5.74, 6) is 0.443. The van der Waals surface area contributed by atoms with Crippen LogP contribution in [0.15, 0.2) is 97.1 Å². The molecule has 2 saturated heterocycles. The molecule has 0 bridgehead atoms. The van der Waals surface area contributed by atoms with E-state index in [9.17, 15) is 14.6 Å². The number of aryl methyl sites for hydroxylation is 2. The van der Waals surface area contributed by atoms with Crippen LogP contribution in [0.25, 0.3) is 0 Å². The minimum absolute atomic E-state index is 0.209. The smallest absolute Gasteiger partial charge is 0.376 e. The standard InChI is InChI=1S/C22H28BN3O2.C21H25N3O/c1-23(28)25-14-12-24(13-15-25)20-9-4-6-18(16-20)17-26-21-10-3-2-7-19(21)8-5-11-22(26)27;25-21-10-4-7-18-6-1-2-9-20(18)24(21)16-17-5-3-8-19(15-17)23-13-11-22-12-14-23/h2-4,6-7,9-10,16,28H,5,8,11-15,17H2,1H3;1-3,5-6,8-9,15,22H,4,7,10-14,16H2. The molecule has 0 aromatic heterocycles. The summed E-state index contributed by atoms with van der Waals surface area (Å²) in [6.07, 6.45) is 5.04. The Morgan fingerprint density at radius 2 is 1.06 bits per heavy atom. The van der Waals surface area contributed by atoms with Crippen LogP contribution in [0.5, 0.6) is 0 Å². The zero-order valence-corrected chi connectivity index (χ0v) is 31.1. The number of carbonyl (C=O) groups is 2. The first-order valence-electron chi connectivity index (χ1n) is 19.5. The van der Waals surface area contributed by atoms with Gasteiger partial charge in [-0.25, -0.2) is 0 Å². The lowest BCUT2D eigenvalue weighted by Gasteiger charge is -2.37. The highest BCUT2D eigenvalue weighted by Crippen LogP contribution is 2.31. The van der Waals surface area contributed by atoms with E-state index in [0.29, 0.717) is 25.9 Å². The molecule has 276 valence electrons. The Kier molecular flexibility index (Phi) is 12.1. The molecule has 0 saturated carbocycles. The van der Waals surface area contributed by atoms with Gasteiger partial charge in [-0.05, 0) is 91.2 Å². The van der Waals surface area contributed by atoms with Gasteiger partial charge in [-0.15, -0.1) is 0 Å². The van der Waals surface area contributed by atoms with E-state index in [2.05, 4.69) is 105 Å². The number of para-hydroxylation sites is 2. The Hall–Kier alpha value is -4.64. The molecule has 2 amide bonds. The monoisotopic (exact) mass is 712 g/mol. The van der Waals surface area contributed by atoms with E-state index in [4.69, 9.17) is 0 Å². The van der Waals surface area contributed by atoms with Crippen molar-refractivity contribution in [3.63, 3.8) is 0 Å². The average Bonchev–Trinajstić information content (AvgIpc) is 3.46. The van der Waals surface area contributed by atoms with Gasteiger partial charge in [0.25, 0.3) is 0 Å². The zero-order chi connectivity index (χ0) is 36.6. The van der Waals surface area contributed by atoms with E-state index < -0.39 is 0 Å². The van der Waals surface area contributed by atoms with Gasteiger partial charge >= 0.3 is 7.05 Å². The van der Waals surface area contributed by atoms with Crippen LogP contribution < -0.4 is 24.9 Å². The van der Waals surface area contributed by atoms with E-state index >= 15 is 0 Å². The lowest BCUT2D eigenvalue weighted by molar-refractivity contribution is -0.119. The van der Waals surface area contributed by atoms with Gasteiger partial charge in [0.15, 0.2) is 0 Å². The Bertz CT molecular complexity index is 1860. The summed E-state index contributed by atoms with van der Waals surface area (Å²) >= 11 is 0. The molecule has 2 N–H and O–H groups in total. The SMILES string of the molecule is CB(O)N1CCN(c2cccc(CN3C(=O)CCCc4ccccc43)c2)CC1.O=C1CCCc2ccccc2N1Cc1cccc(N2CCNCC2)c1. The lowest BCUT2D eigenvalue weighted by atomic mass is 9.84. The minimum atomic E-state index is -0.386. The molecular weight excluding hydrogens is 659 g/mol. The fraction of sp³-hybridized carbons (Fsp3) is 0.395. The molecule has 0 aliphatic carbocycles. The van der Waals surface area contributed by atoms with Crippen LogP contribution in [0.2, 0.25) is 6.82 Å². The summed E-state index contributed by atoms with van der Waals surface area (Å²) in [6.45, 7) is 10.7. The summed E-state index contributed by atoms with van der Waals surface area (Å²) in [5, 5.41) is 13.2. The molecule has 0 spiro atoms. The van der Waals surface area contributed by atoms with E-state index in [1.54, 1.807) is 0 Å². The summed E-state index contributed by atoms with van der Waals surface area (Å²) < 4.78 is 0. The molecule has 0 unspecified atom stereocenters. The van der Waals surface area contributed by atoms with Gasteiger partial charge in [-0.1, -0.05) is 60.7 Å². The third-order valence-electron chi connectivity index (χ3n) is 11.0. The fourth-order valence-electron chi connectivity index (χ4n) is 8.06. The van der Waals surface area contributed by atoms with Crippen LogP contribution in [0.1, 0.15) is 47.9 Å². The van der Waals surface area contributed by atoms with E-state index in [1.807, 2.05) is 28.8 Å². The van der Waals surface area contributed by atoms with Crippen molar-refractivity contribution >= 4 is 41.6 Å². The summed E-state index contributed by atoms with van der Waals surface area (Å²) in [7, 11) is -0.386. The largest absolute Gasteiger partial charge is 0.437 e. The second kappa shape index (κ2) is 17.5. The lowest BCUT2D eigenvalue weighted by Crippen LogP contribution is -2.51. The van der Waals surface area contributed by atoms with Crippen LogP contribution in [-0.4, -0.2) is 81.1 Å². The maximum atomic E-state index is 12.8. The Morgan fingerprint density at radius 1 is 0.585 bits per heavy atom. The van der Waals surface area contributed by atoms with E-state index in [1.165, 1.54) is 28.1 Å². The molecule has 4 aliphatic rings. The van der Waals surface area contributed by atoms with Gasteiger partial charge < -0.3 is 34.8 Å². The third-order valence-corrected chi connectivity index (χ3v) is 11.0. The van der Waals surface area contributed by atoms with Crippen molar-refractivity contribution in [2.75, 3.05) is 72.0 Å². The van der Waals surface area contributed by atoms with Crippen molar-refractivity contribution in [3.8, 4) is 0 Å². The molecule has 10 heteroatoms. The van der Waals surface area contributed by atoms with Crippen LogP contribution in [0, 0.1) is 0 Å². The fourth-order valence-corrected chi connectivity index (χ4v) is 8.06. The van der Waals surface area contributed by atoms with Crippen LogP contribution in [-0.2, 0) is 35.5 Å². The Balaban J connectivity index is 0.000000165. The Labute approximate surface area is 315 Å².